The number of hydrogen-bond donors (Lipinski definition) is 3. The Balaban J connectivity index is 5.23. The van der Waals surface area contributed by atoms with Crippen molar-refractivity contribution in [2.24, 2.45) is 11.8 Å². The SMILES string of the molecule is CCCCCCCCCCCCCCCCCCCC(=O)O[C@H](COC(=O)CCCCCCCCCCCCCCCC(C)C)COP(=O)(O)OC[C@@H](O)COP(=O)(O)OC[C@@H](COC(=O)CCCCCCCCC(C)C)OC(=O)CCCCCCCCCCCCCCCCC. The fourth-order valence-corrected chi connectivity index (χ4v) is 13.6. The van der Waals surface area contributed by atoms with Crippen molar-refractivity contribution in [2.75, 3.05) is 39.6 Å². The van der Waals surface area contributed by atoms with Gasteiger partial charge in [-0.2, -0.15) is 0 Å². The van der Waals surface area contributed by atoms with Gasteiger partial charge in [0.25, 0.3) is 0 Å². The van der Waals surface area contributed by atoms with Crippen molar-refractivity contribution in [3.63, 3.8) is 0 Å². The van der Waals surface area contributed by atoms with Crippen LogP contribution in [0.3, 0.4) is 0 Å². The average Bonchev–Trinajstić information content (AvgIpc) is 1.75. The molecule has 0 heterocycles. The molecule has 5 atom stereocenters. The second-order valence-electron chi connectivity index (χ2n) is 29.1. The standard InChI is InChI=1S/C78H152O17P2/c1-7-9-11-13-15-17-19-21-23-24-26-30-35-39-43-51-57-62-77(82)94-73(66-88-75(80)60-54-48-41-37-33-31-27-28-32-36-40-46-52-58-70(3)4)68-92-96(84,85)90-64-72(79)65-91-97(86,87)93-69-74(67-89-76(81)61-55-49-45-44-47-53-59-71(5)6)95-78(83)63-56-50-42-38-34-29-25-22-20-18-16-14-12-10-8-2/h70-74,79H,7-69H2,1-6H3,(H,84,85)(H,86,87)/t72-,73-,74-/m1/s1. The number of esters is 4. The maximum Gasteiger partial charge on any atom is 0.472 e. The highest BCUT2D eigenvalue weighted by Gasteiger charge is 2.30. The van der Waals surface area contributed by atoms with E-state index in [1.807, 2.05) is 0 Å². The van der Waals surface area contributed by atoms with E-state index in [0.717, 1.165) is 102 Å². The Labute approximate surface area is 594 Å². The number of rotatable bonds is 77. The van der Waals surface area contributed by atoms with E-state index in [0.29, 0.717) is 31.6 Å². The molecule has 0 aliphatic rings. The molecule has 0 aromatic heterocycles. The van der Waals surface area contributed by atoms with Gasteiger partial charge in [0.2, 0.25) is 0 Å². The molecule has 3 N–H and O–H groups in total. The third-order valence-corrected chi connectivity index (χ3v) is 20.1. The molecule has 0 spiro atoms. The fraction of sp³-hybridized carbons (Fsp3) is 0.949. The summed E-state index contributed by atoms with van der Waals surface area (Å²) in [5, 5.41) is 10.6. The van der Waals surface area contributed by atoms with E-state index in [1.165, 1.54) is 218 Å². The average molecular weight is 1420 g/mol. The molecule has 0 bridgehead atoms. The first-order valence-electron chi connectivity index (χ1n) is 40.5. The summed E-state index contributed by atoms with van der Waals surface area (Å²) in [5.41, 5.74) is 0. The van der Waals surface area contributed by atoms with Crippen molar-refractivity contribution < 1.29 is 80.2 Å². The van der Waals surface area contributed by atoms with Gasteiger partial charge in [-0.15, -0.1) is 0 Å². The van der Waals surface area contributed by atoms with Crippen molar-refractivity contribution in [3.8, 4) is 0 Å². The van der Waals surface area contributed by atoms with E-state index in [4.69, 9.17) is 37.0 Å². The molecule has 17 nitrogen and oxygen atoms in total. The second kappa shape index (κ2) is 69.8. The van der Waals surface area contributed by atoms with Crippen LogP contribution in [0, 0.1) is 11.8 Å². The lowest BCUT2D eigenvalue weighted by Crippen LogP contribution is -2.30. The molecule has 97 heavy (non-hydrogen) atoms. The highest BCUT2D eigenvalue weighted by Crippen LogP contribution is 2.45. The largest absolute Gasteiger partial charge is 0.472 e. The minimum Gasteiger partial charge on any atom is -0.462 e. The first-order chi connectivity index (χ1) is 46.9. The van der Waals surface area contributed by atoms with Gasteiger partial charge in [-0.1, -0.05) is 356 Å². The van der Waals surface area contributed by atoms with Gasteiger partial charge in [0.15, 0.2) is 12.2 Å². The third kappa shape index (κ3) is 72.2. The number of carbonyl (C=O) groups is 4. The molecule has 0 aromatic rings. The summed E-state index contributed by atoms with van der Waals surface area (Å²) in [7, 11) is -9.91. The molecule has 2 unspecified atom stereocenters. The Morgan fingerprint density at radius 3 is 0.701 bits per heavy atom. The van der Waals surface area contributed by atoms with E-state index < -0.39 is 97.5 Å². The Bertz CT molecular complexity index is 1870. The van der Waals surface area contributed by atoms with Crippen LogP contribution in [-0.2, 0) is 65.4 Å². The predicted molar refractivity (Wildman–Crippen MR) is 395 cm³/mol. The van der Waals surface area contributed by atoms with Gasteiger partial charge in [-0.3, -0.25) is 37.3 Å². The van der Waals surface area contributed by atoms with Gasteiger partial charge in [-0.25, -0.2) is 9.13 Å². The van der Waals surface area contributed by atoms with Crippen LogP contribution < -0.4 is 0 Å². The minimum atomic E-state index is -4.96. The van der Waals surface area contributed by atoms with Crippen LogP contribution in [-0.4, -0.2) is 96.7 Å². The smallest absolute Gasteiger partial charge is 0.462 e. The van der Waals surface area contributed by atoms with Crippen molar-refractivity contribution in [1.82, 2.24) is 0 Å². The number of unbranched alkanes of at least 4 members (excludes halogenated alkanes) is 47. The zero-order valence-electron chi connectivity index (χ0n) is 63.4. The Morgan fingerprint density at radius 1 is 0.278 bits per heavy atom. The monoisotopic (exact) mass is 1420 g/mol. The van der Waals surface area contributed by atoms with Gasteiger partial charge in [-0.05, 0) is 37.5 Å². The Kier molecular flexibility index (Phi) is 68.4. The highest BCUT2D eigenvalue weighted by atomic mass is 31.2. The number of aliphatic hydroxyl groups excluding tert-OH is 1. The summed E-state index contributed by atoms with van der Waals surface area (Å²) in [6, 6.07) is 0. The van der Waals surface area contributed by atoms with Crippen molar-refractivity contribution in [2.45, 2.75) is 426 Å². The van der Waals surface area contributed by atoms with Crippen LogP contribution in [0.25, 0.3) is 0 Å². The summed E-state index contributed by atoms with van der Waals surface area (Å²) >= 11 is 0. The lowest BCUT2D eigenvalue weighted by atomic mass is 10.0. The molecule has 0 saturated carbocycles. The molecular weight excluding hydrogens is 1270 g/mol. The van der Waals surface area contributed by atoms with Crippen molar-refractivity contribution in [1.29, 1.82) is 0 Å². The van der Waals surface area contributed by atoms with Crippen molar-refractivity contribution >= 4 is 39.5 Å². The molecule has 576 valence electrons. The maximum absolute atomic E-state index is 13.1. The lowest BCUT2D eigenvalue weighted by Gasteiger charge is -2.21. The Hall–Kier alpha value is -1.94. The number of aliphatic hydroxyl groups is 1. The molecule has 0 fully saturated rings. The second-order valence-corrected chi connectivity index (χ2v) is 32.0. The zero-order valence-corrected chi connectivity index (χ0v) is 65.2. The van der Waals surface area contributed by atoms with E-state index in [-0.39, 0.29) is 25.7 Å². The molecule has 19 heteroatoms. The number of phosphoric ester groups is 2. The minimum absolute atomic E-state index is 0.107. The zero-order chi connectivity index (χ0) is 71.4. The van der Waals surface area contributed by atoms with Gasteiger partial charge in [0.1, 0.15) is 19.3 Å². The molecule has 0 aliphatic carbocycles. The number of ether oxygens (including phenoxy) is 4. The normalized spacial score (nSPS) is 14.0. The molecule has 0 rings (SSSR count). The number of phosphoric acid groups is 2. The van der Waals surface area contributed by atoms with Crippen LogP contribution >= 0.6 is 15.6 Å². The van der Waals surface area contributed by atoms with E-state index >= 15 is 0 Å². The summed E-state index contributed by atoms with van der Waals surface area (Å²) < 4.78 is 68.6. The lowest BCUT2D eigenvalue weighted by molar-refractivity contribution is -0.161. The van der Waals surface area contributed by atoms with Gasteiger partial charge >= 0.3 is 39.5 Å². The molecule has 0 aromatic carbocycles. The van der Waals surface area contributed by atoms with Gasteiger partial charge < -0.3 is 33.8 Å². The summed E-state index contributed by atoms with van der Waals surface area (Å²) in [6.07, 6.45) is 58.3. The van der Waals surface area contributed by atoms with Crippen LogP contribution in [0.5, 0.6) is 0 Å². The summed E-state index contributed by atoms with van der Waals surface area (Å²) in [6.45, 7) is 9.56. The quantitative estimate of drug-likeness (QED) is 0.0222. The summed E-state index contributed by atoms with van der Waals surface area (Å²) in [5.74, 6) is -0.642. The summed E-state index contributed by atoms with van der Waals surface area (Å²) in [4.78, 5) is 72.9. The molecular formula is C78H152O17P2. The molecule has 0 amide bonds. The number of carbonyl (C=O) groups excluding carboxylic acids is 4. The van der Waals surface area contributed by atoms with Crippen LogP contribution in [0.1, 0.15) is 408 Å². The maximum atomic E-state index is 13.1. The molecule has 0 aliphatic heterocycles. The van der Waals surface area contributed by atoms with Crippen molar-refractivity contribution in [3.05, 3.63) is 0 Å². The van der Waals surface area contributed by atoms with Gasteiger partial charge in [0, 0.05) is 25.7 Å². The van der Waals surface area contributed by atoms with Crippen LogP contribution in [0.15, 0.2) is 0 Å². The molecule has 0 saturated heterocycles. The first kappa shape index (κ1) is 95.1. The predicted octanol–water partition coefficient (Wildman–Crippen LogP) is 23.1. The van der Waals surface area contributed by atoms with Gasteiger partial charge in [0.05, 0.1) is 26.4 Å². The number of hydrogen-bond acceptors (Lipinski definition) is 15. The fourth-order valence-electron chi connectivity index (χ4n) is 12.0. The third-order valence-electron chi connectivity index (χ3n) is 18.2. The Morgan fingerprint density at radius 2 is 0.474 bits per heavy atom. The molecule has 0 radical (unpaired) electrons. The van der Waals surface area contributed by atoms with Crippen LogP contribution in [0.2, 0.25) is 0 Å². The highest BCUT2D eigenvalue weighted by molar-refractivity contribution is 7.47. The topological polar surface area (TPSA) is 237 Å². The van der Waals surface area contributed by atoms with E-state index in [9.17, 15) is 43.2 Å². The first-order valence-corrected chi connectivity index (χ1v) is 43.5. The van der Waals surface area contributed by atoms with E-state index in [2.05, 4.69) is 41.5 Å². The van der Waals surface area contributed by atoms with E-state index in [1.54, 1.807) is 0 Å². The van der Waals surface area contributed by atoms with Crippen LogP contribution in [0.4, 0.5) is 0 Å².